The number of benzene rings is 2. The van der Waals surface area contributed by atoms with Gasteiger partial charge < -0.3 is 14.0 Å². The quantitative estimate of drug-likeness (QED) is 0.579. The van der Waals surface area contributed by atoms with Crippen molar-refractivity contribution < 1.29 is 17.9 Å². The van der Waals surface area contributed by atoms with Crippen LogP contribution in [0.5, 0.6) is 11.5 Å². The van der Waals surface area contributed by atoms with Crippen LogP contribution in [0, 0.1) is 34.6 Å². The van der Waals surface area contributed by atoms with Crippen LogP contribution in [0.25, 0.3) is 0 Å². The molecule has 0 spiro atoms. The predicted octanol–water partition coefficient (Wildman–Crippen LogP) is 4.05. The molecule has 1 heterocycles. The SMILES string of the molecule is COc1cc(OC)cc([C@H](NS(=O)(=O)c2c(C)c(C)c(C)c(C)c2C)c2nccn2C)c1. The number of rotatable bonds is 7. The molecular formula is C24H31N3O4S. The summed E-state index contributed by atoms with van der Waals surface area (Å²) in [5, 5.41) is 0. The van der Waals surface area contributed by atoms with Gasteiger partial charge in [-0.15, -0.1) is 0 Å². The van der Waals surface area contributed by atoms with Crippen LogP contribution in [-0.4, -0.2) is 32.2 Å². The normalized spacial score (nSPS) is 12.6. The Morgan fingerprint density at radius 2 is 1.38 bits per heavy atom. The van der Waals surface area contributed by atoms with Crippen molar-refractivity contribution in [1.29, 1.82) is 0 Å². The van der Waals surface area contributed by atoms with Crippen molar-refractivity contribution >= 4 is 10.0 Å². The minimum atomic E-state index is -3.90. The van der Waals surface area contributed by atoms with Gasteiger partial charge in [-0.2, -0.15) is 4.72 Å². The molecule has 0 unspecified atom stereocenters. The molecule has 1 atom stereocenters. The van der Waals surface area contributed by atoms with Crippen molar-refractivity contribution in [2.24, 2.45) is 7.05 Å². The van der Waals surface area contributed by atoms with E-state index in [0.717, 1.165) is 27.8 Å². The molecule has 0 radical (unpaired) electrons. The van der Waals surface area contributed by atoms with Crippen LogP contribution in [0.2, 0.25) is 0 Å². The molecule has 1 N–H and O–H groups in total. The summed E-state index contributed by atoms with van der Waals surface area (Å²) >= 11 is 0. The summed E-state index contributed by atoms with van der Waals surface area (Å²) in [5.74, 6) is 1.68. The summed E-state index contributed by atoms with van der Waals surface area (Å²) in [4.78, 5) is 4.74. The number of sulfonamides is 1. The molecule has 0 aliphatic carbocycles. The molecule has 0 aliphatic heterocycles. The minimum Gasteiger partial charge on any atom is -0.497 e. The van der Waals surface area contributed by atoms with E-state index in [2.05, 4.69) is 9.71 Å². The van der Waals surface area contributed by atoms with E-state index in [9.17, 15) is 8.42 Å². The predicted molar refractivity (Wildman–Crippen MR) is 125 cm³/mol. The average Bonchev–Trinajstić information content (AvgIpc) is 3.19. The second kappa shape index (κ2) is 8.96. The van der Waals surface area contributed by atoms with Crippen molar-refractivity contribution in [3.8, 4) is 11.5 Å². The van der Waals surface area contributed by atoms with Crippen LogP contribution < -0.4 is 14.2 Å². The van der Waals surface area contributed by atoms with E-state index >= 15 is 0 Å². The van der Waals surface area contributed by atoms with E-state index in [0.29, 0.717) is 27.8 Å². The zero-order valence-electron chi connectivity index (χ0n) is 19.9. The Morgan fingerprint density at radius 3 is 1.81 bits per heavy atom. The van der Waals surface area contributed by atoms with Crippen molar-refractivity contribution in [2.75, 3.05) is 14.2 Å². The smallest absolute Gasteiger partial charge is 0.242 e. The third-order valence-corrected chi connectivity index (χ3v) is 7.99. The highest BCUT2D eigenvalue weighted by molar-refractivity contribution is 7.89. The van der Waals surface area contributed by atoms with Gasteiger partial charge in [0.05, 0.1) is 19.1 Å². The molecule has 0 amide bonds. The van der Waals surface area contributed by atoms with Crippen LogP contribution in [0.15, 0.2) is 35.5 Å². The molecule has 0 aliphatic rings. The summed E-state index contributed by atoms with van der Waals surface area (Å²) in [6.07, 6.45) is 3.43. The molecule has 2 aromatic carbocycles. The highest BCUT2D eigenvalue weighted by Crippen LogP contribution is 2.33. The van der Waals surface area contributed by atoms with Crippen LogP contribution in [0.3, 0.4) is 0 Å². The highest BCUT2D eigenvalue weighted by Gasteiger charge is 2.30. The topological polar surface area (TPSA) is 82.4 Å². The number of methoxy groups -OCH3 is 2. The van der Waals surface area contributed by atoms with E-state index in [-0.39, 0.29) is 0 Å². The molecule has 7 nitrogen and oxygen atoms in total. The maximum absolute atomic E-state index is 13.8. The van der Waals surface area contributed by atoms with Crippen LogP contribution >= 0.6 is 0 Å². The highest BCUT2D eigenvalue weighted by atomic mass is 32.2. The van der Waals surface area contributed by atoms with Gasteiger partial charge in [-0.05, 0) is 80.1 Å². The molecule has 8 heteroatoms. The lowest BCUT2D eigenvalue weighted by atomic mass is 9.95. The molecule has 0 bridgehead atoms. The van der Waals surface area contributed by atoms with Gasteiger partial charge in [0.25, 0.3) is 0 Å². The lowest BCUT2D eigenvalue weighted by Gasteiger charge is -2.23. The summed E-state index contributed by atoms with van der Waals surface area (Å²) in [7, 11) is 1.05. The van der Waals surface area contributed by atoms with Gasteiger partial charge in [0, 0.05) is 25.5 Å². The van der Waals surface area contributed by atoms with Gasteiger partial charge in [-0.25, -0.2) is 13.4 Å². The van der Waals surface area contributed by atoms with Crippen molar-refractivity contribution in [1.82, 2.24) is 14.3 Å². The van der Waals surface area contributed by atoms with Crippen LogP contribution in [0.4, 0.5) is 0 Å². The monoisotopic (exact) mass is 457 g/mol. The first-order valence-electron chi connectivity index (χ1n) is 10.3. The molecule has 3 aromatic rings. The molecule has 3 rings (SSSR count). The number of ether oxygens (including phenoxy) is 2. The Bertz CT molecular complexity index is 1210. The zero-order valence-corrected chi connectivity index (χ0v) is 20.7. The number of imidazole rings is 1. The van der Waals surface area contributed by atoms with Gasteiger partial charge in [0.2, 0.25) is 10.0 Å². The first kappa shape index (κ1) is 23.8. The van der Waals surface area contributed by atoms with Crippen molar-refractivity contribution in [2.45, 2.75) is 45.6 Å². The summed E-state index contributed by atoms with van der Waals surface area (Å²) in [5.41, 5.74) is 5.22. The Kier molecular flexibility index (Phi) is 6.67. The van der Waals surface area contributed by atoms with Gasteiger partial charge in [0.1, 0.15) is 23.4 Å². The fourth-order valence-electron chi connectivity index (χ4n) is 4.00. The number of aromatic nitrogens is 2. The third kappa shape index (κ3) is 4.25. The Hall–Kier alpha value is -2.84. The largest absolute Gasteiger partial charge is 0.497 e. The molecule has 0 saturated heterocycles. The van der Waals surface area contributed by atoms with Gasteiger partial charge >= 0.3 is 0 Å². The summed E-state index contributed by atoms with van der Waals surface area (Å²) in [6, 6.07) is 4.57. The maximum Gasteiger partial charge on any atom is 0.242 e. The maximum atomic E-state index is 13.8. The molecule has 1 aromatic heterocycles. The van der Waals surface area contributed by atoms with Gasteiger partial charge in [-0.1, -0.05) is 0 Å². The first-order valence-corrected chi connectivity index (χ1v) is 11.8. The van der Waals surface area contributed by atoms with Gasteiger partial charge in [-0.3, -0.25) is 0 Å². The van der Waals surface area contributed by atoms with Crippen LogP contribution in [0.1, 0.15) is 45.2 Å². The summed E-state index contributed by atoms with van der Waals surface area (Å²) < 4.78 is 43.1. The summed E-state index contributed by atoms with van der Waals surface area (Å²) in [6.45, 7) is 9.65. The third-order valence-electron chi connectivity index (χ3n) is 6.30. The zero-order chi connectivity index (χ0) is 23.8. The second-order valence-electron chi connectivity index (χ2n) is 8.05. The lowest BCUT2D eigenvalue weighted by molar-refractivity contribution is 0.392. The number of nitrogens with one attached hydrogen (secondary N) is 1. The Labute approximate surface area is 190 Å². The van der Waals surface area contributed by atoms with Crippen molar-refractivity contribution in [3.63, 3.8) is 0 Å². The number of hydrogen-bond acceptors (Lipinski definition) is 5. The standard InChI is InChI=1S/C24H31N3O4S/c1-14-15(2)17(4)23(18(5)16(14)3)32(28,29)26-22(24-25-9-10-27(24)6)19-11-20(30-7)13-21(12-19)31-8/h9-13,22,26H,1-8H3/t22-/m0/s1. The molecule has 172 valence electrons. The fourth-order valence-corrected chi connectivity index (χ4v) is 5.79. The Balaban J connectivity index is 2.21. The van der Waals surface area contributed by atoms with Crippen molar-refractivity contribution in [3.05, 3.63) is 69.8 Å². The Morgan fingerprint density at radius 1 is 0.875 bits per heavy atom. The van der Waals surface area contributed by atoms with E-state index in [1.165, 1.54) is 0 Å². The lowest BCUT2D eigenvalue weighted by Crippen LogP contribution is -2.32. The number of aryl methyl sites for hydroxylation is 1. The average molecular weight is 458 g/mol. The van der Waals surface area contributed by atoms with E-state index in [4.69, 9.17) is 9.47 Å². The minimum absolute atomic E-state index is 0.312. The fraction of sp³-hybridized carbons (Fsp3) is 0.375. The molecular weight excluding hydrogens is 426 g/mol. The van der Waals surface area contributed by atoms with Gasteiger partial charge in [0.15, 0.2) is 0 Å². The van der Waals surface area contributed by atoms with E-state index in [1.807, 2.05) is 41.7 Å². The second-order valence-corrected chi connectivity index (χ2v) is 9.70. The number of nitrogens with zero attached hydrogens (tertiary/aromatic N) is 2. The number of hydrogen-bond donors (Lipinski definition) is 1. The van der Waals surface area contributed by atoms with Crippen LogP contribution in [-0.2, 0) is 17.1 Å². The first-order chi connectivity index (χ1) is 15.0. The molecule has 32 heavy (non-hydrogen) atoms. The molecule has 0 saturated carbocycles. The van der Waals surface area contributed by atoms with E-state index < -0.39 is 16.1 Å². The van der Waals surface area contributed by atoms with E-state index in [1.54, 1.807) is 49.4 Å². The molecule has 0 fully saturated rings.